The number of amides is 1. The van der Waals surface area contributed by atoms with Crippen LogP contribution in [0.15, 0.2) is 59.7 Å². The van der Waals surface area contributed by atoms with Crippen LogP contribution in [0.5, 0.6) is 0 Å². The highest BCUT2D eigenvalue weighted by molar-refractivity contribution is 5.85. The summed E-state index contributed by atoms with van der Waals surface area (Å²) in [5.41, 5.74) is 12.4. The van der Waals surface area contributed by atoms with Crippen LogP contribution in [-0.4, -0.2) is 18.2 Å². The molecule has 1 aliphatic heterocycles. The molecule has 2 aromatic rings. The molecule has 3 atom stereocenters. The van der Waals surface area contributed by atoms with Gasteiger partial charge in [-0.2, -0.15) is 5.10 Å². The number of carbonyl (C=O) groups is 1. The fourth-order valence-electron chi connectivity index (χ4n) is 3.19. The lowest BCUT2D eigenvalue weighted by atomic mass is 9.91. The molecule has 0 spiro atoms. The molecule has 136 valence electrons. The Hall–Kier alpha value is -2.50. The molecule has 1 saturated heterocycles. The van der Waals surface area contributed by atoms with E-state index in [4.69, 9.17) is 0 Å². The summed E-state index contributed by atoms with van der Waals surface area (Å²) < 4.78 is 0. The fourth-order valence-corrected chi connectivity index (χ4v) is 3.19. The molecule has 0 radical (unpaired) electrons. The monoisotopic (exact) mass is 350 g/mol. The van der Waals surface area contributed by atoms with E-state index >= 15 is 0 Å². The molecule has 2 aromatic carbocycles. The second-order valence-corrected chi connectivity index (χ2v) is 7.07. The molecule has 1 aliphatic rings. The number of nitrogens with zero attached hydrogens (tertiary/aromatic N) is 1. The first-order chi connectivity index (χ1) is 12.6. The minimum Gasteiger partial charge on any atom is -0.271 e. The molecule has 3 rings (SSSR count). The Bertz CT molecular complexity index is 755. The first-order valence-electron chi connectivity index (χ1n) is 9.05. The Kier molecular flexibility index (Phi) is 5.81. The van der Waals surface area contributed by atoms with E-state index in [9.17, 15) is 4.79 Å². The summed E-state index contributed by atoms with van der Waals surface area (Å²) in [4.78, 5) is 12.4. The predicted molar refractivity (Wildman–Crippen MR) is 105 cm³/mol. The minimum absolute atomic E-state index is 0.0968. The smallest absolute Gasteiger partial charge is 0.258 e. The summed E-state index contributed by atoms with van der Waals surface area (Å²) in [5, 5.41) is 4.10. The summed E-state index contributed by atoms with van der Waals surface area (Å²) in [7, 11) is 0. The summed E-state index contributed by atoms with van der Waals surface area (Å²) in [5.74, 6) is 0.470. The number of rotatable bonds is 5. The maximum Gasteiger partial charge on any atom is 0.258 e. The molecule has 0 saturated carbocycles. The Balaban J connectivity index is 1.56. The zero-order chi connectivity index (χ0) is 18.5. The van der Waals surface area contributed by atoms with Crippen LogP contribution in [0, 0.1) is 5.92 Å². The molecule has 0 aromatic heterocycles. The average Bonchev–Trinajstić information content (AvgIpc) is 3.04. The van der Waals surface area contributed by atoms with Gasteiger partial charge in [0.2, 0.25) is 0 Å². The number of hydrazine groups is 1. The number of hydrogen-bond donors (Lipinski definition) is 3. The highest BCUT2D eigenvalue weighted by atomic mass is 16.2. The van der Waals surface area contributed by atoms with Crippen LogP contribution in [-0.2, 0) is 4.79 Å². The van der Waals surface area contributed by atoms with Gasteiger partial charge in [-0.15, -0.1) is 0 Å². The van der Waals surface area contributed by atoms with Gasteiger partial charge in [0.15, 0.2) is 0 Å². The zero-order valence-corrected chi connectivity index (χ0v) is 15.4. The topological polar surface area (TPSA) is 65.5 Å². The third kappa shape index (κ3) is 4.18. The molecule has 0 bridgehead atoms. The van der Waals surface area contributed by atoms with Crippen LogP contribution in [0.1, 0.15) is 49.4 Å². The number of hydrogen-bond acceptors (Lipinski definition) is 4. The number of hydrazone groups is 1. The lowest BCUT2D eigenvalue weighted by Crippen LogP contribution is -2.43. The van der Waals surface area contributed by atoms with Crippen molar-refractivity contribution in [1.82, 2.24) is 16.3 Å². The lowest BCUT2D eigenvalue weighted by molar-refractivity contribution is -0.123. The van der Waals surface area contributed by atoms with Crippen molar-refractivity contribution in [1.29, 1.82) is 0 Å². The van der Waals surface area contributed by atoms with E-state index in [0.29, 0.717) is 5.92 Å². The maximum atomic E-state index is 12.4. The zero-order valence-electron chi connectivity index (χ0n) is 15.4. The molecule has 26 heavy (non-hydrogen) atoms. The fraction of sp³-hybridized carbons (Fsp3) is 0.333. The number of nitrogens with one attached hydrogen (secondary N) is 3. The third-order valence-corrected chi connectivity index (χ3v) is 4.88. The first kappa shape index (κ1) is 18.3. The molecule has 1 amide bonds. The van der Waals surface area contributed by atoms with E-state index in [-0.39, 0.29) is 23.9 Å². The lowest BCUT2D eigenvalue weighted by Gasteiger charge is -2.17. The van der Waals surface area contributed by atoms with Crippen LogP contribution >= 0.6 is 0 Å². The Labute approximate surface area is 154 Å². The van der Waals surface area contributed by atoms with Crippen molar-refractivity contribution in [3.63, 3.8) is 0 Å². The van der Waals surface area contributed by atoms with Crippen molar-refractivity contribution in [2.75, 3.05) is 0 Å². The summed E-state index contributed by atoms with van der Waals surface area (Å²) in [6, 6.07) is 18.1. The third-order valence-electron chi connectivity index (χ3n) is 4.88. The van der Waals surface area contributed by atoms with Gasteiger partial charge in [0.25, 0.3) is 5.91 Å². The Morgan fingerprint density at radius 3 is 2.42 bits per heavy atom. The summed E-state index contributed by atoms with van der Waals surface area (Å²) >= 11 is 0. The van der Waals surface area contributed by atoms with E-state index in [1.807, 2.05) is 30.3 Å². The second-order valence-electron chi connectivity index (χ2n) is 7.07. The highest BCUT2D eigenvalue weighted by Gasteiger charge is 2.37. The summed E-state index contributed by atoms with van der Waals surface area (Å²) in [6.07, 6.45) is 1.67. The van der Waals surface area contributed by atoms with E-state index in [1.165, 1.54) is 5.56 Å². The van der Waals surface area contributed by atoms with E-state index < -0.39 is 0 Å². The highest BCUT2D eigenvalue weighted by Crippen LogP contribution is 2.28. The van der Waals surface area contributed by atoms with Crippen LogP contribution < -0.4 is 16.3 Å². The van der Waals surface area contributed by atoms with Crippen molar-refractivity contribution in [3.05, 3.63) is 71.3 Å². The van der Waals surface area contributed by atoms with Crippen molar-refractivity contribution >= 4 is 12.1 Å². The SMILES string of the molecule is CC(C)c1ccc(/C=N/NC(=O)C2NNC(c3ccccc3)C2C)cc1. The molecular weight excluding hydrogens is 324 g/mol. The number of carbonyl (C=O) groups excluding carboxylic acids is 1. The van der Waals surface area contributed by atoms with Gasteiger partial charge in [-0.05, 0) is 22.6 Å². The first-order valence-corrected chi connectivity index (χ1v) is 9.05. The maximum absolute atomic E-state index is 12.4. The predicted octanol–water partition coefficient (Wildman–Crippen LogP) is 3.11. The van der Waals surface area contributed by atoms with Crippen molar-refractivity contribution in [2.24, 2.45) is 11.0 Å². The summed E-state index contributed by atoms with van der Waals surface area (Å²) in [6.45, 7) is 6.38. The molecule has 5 heteroatoms. The standard InChI is InChI=1S/C21H26N4O/c1-14(2)17-11-9-16(10-12-17)13-22-25-21(26)20-15(3)19(23-24-20)18-7-5-4-6-8-18/h4-15,19-20,23-24H,1-3H3,(H,25,26)/b22-13+. The van der Waals surface area contributed by atoms with Gasteiger partial charge in [-0.1, -0.05) is 75.4 Å². The number of benzene rings is 2. The molecule has 3 unspecified atom stereocenters. The van der Waals surface area contributed by atoms with Crippen LogP contribution in [0.2, 0.25) is 0 Å². The largest absolute Gasteiger partial charge is 0.271 e. The van der Waals surface area contributed by atoms with Crippen LogP contribution in [0.4, 0.5) is 0 Å². The Morgan fingerprint density at radius 2 is 1.77 bits per heavy atom. The molecule has 3 N–H and O–H groups in total. The van der Waals surface area contributed by atoms with Gasteiger partial charge >= 0.3 is 0 Å². The molecular formula is C21H26N4O. The van der Waals surface area contributed by atoms with Gasteiger partial charge in [-0.25, -0.2) is 16.3 Å². The second kappa shape index (κ2) is 8.25. The van der Waals surface area contributed by atoms with Crippen molar-refractivity contribution in [2.45, 2.75) is 38.8 Å². The quantitative estimate of drug-likeness (QED) is 0.573. The average molecular weight is 350 g/mol. The van der Waals surface area contributed by atoms with E-state index in [2.05, 4.69) is 66.4 Å². The van der Waals surface area contributed by atoms with Gasteiger partial charge in [0.1, 0.15) is 6.04 Å². The van der Waals surface area contributed by atoms with Crippen LogP contribution in [0.3, 0.4) is 0 Å². The molecule has 0 aliphatic carbocycles. The normalized spacial score (nSPS) is 22.8. The van der Waals surface area contributed by atoms with Crippen molar-refractivity contribution < 1.29 is 4.79 Å². The van der Waals surface area contributed by atoms with Gasteiger partial charge < -0.3 is 0 Å². The Morgan fingerprint density at radius 1 is 1.08 bits per heavy atom. The van der Waals surface area contributed by atoms with E-state index in [0.717, 1.165) is 11.1 Å². The molecule has 1 heterocycles. The minimum atomic E-state index is -0.333. The van der Waals surface area contributed by atoms with Gasteiger partial charge in [-0.3, -0.25) is 4.79 Å². The van der Waals surface area contributed by atoms with Crippen molar-refractivity contribution in [3.8, 4) is 0 Å². The van der Waals surface area contributed by atoms with Gasteiger partial charge in [0, 0.05) is 5.92 Å². The van der Waals surface area contributed by atoms with E-state index in [1.54, 1.807) is 6.21 Å². The molecule has 5 nitrogen and oxygen atoms in total. The van der Waals surface area contributed by atoms with Gasteiger partial charge in [0.05, 0.1) is 12.3 Å². The molecule has 1 fully saturated rings. The van der Waals surface area contributed by atoms with Crippen LogP contribution in [0.25, 0.3) is 0 Å².